The van der Waals surface area contributed by atoms with Gasteiger partial charge in [0.15, 0.2) is 0 Å². The van der Waals surface area contributed by atoms with Crippen molar-refractivity contribution in [3.63, 3.8) is 0 Å². The highest BCUT2D eigenvalue weighted by molar-refractivity contribution is 5.03. The second kappa shape index (κ2) is 3.96. The van der Waals surface area contributed by atoms with Gasteiger partial charge in [-0.2, -0.15) is 0 Å². The normalized spacial score (nSPS) is 39.9. The summed E-state index contributed by atoms with van der Waals surface area (Å²) in [7, 11) is 0. The van der Waals surface area contributed by atoms with Gasteiger partial charge >= 0.3 is 0 Å². The Kier molecular flexibility index (Phi) is 2.52. The third kappa shape index (κ3) is 2.15. The predicted octanol–water partition coefficient (Wildman–Crippen LogP) is 2.25. The Morgan fingerprint density at radius 2 is 1.65 bits per heavy atom. The van der Waals surface area contributed by atoms with Crippen molar-refractivity contribution < 1.29 is 0 Å². The molecule has 0 aromatic heterocycles. The Balaban J connectivity index is 1.48. The lowest BCUT2D eigenvalue weighted by molar-refractivity contribution is 0.0624. The number of piperazine rings is 1. The van der Waals surface area contributed by atoms with Gasteiger partial charge in [0.2, 0.25) is 0 Å². The van der Waals surface area contributed by atoms with Gasteiger partial charge in [-0.1, -0.05) is 0 Å². The molecule has 4 aliphatic rings. The topological polar surface area (TPSA) is 15.3 Å². The lowest BCUT2D eigenvalue weighted by Gasteiger charge is -2.44. The van der Waals surface area contributed by atoms with Crippen LogP contribution in [0.5, 0.6) is 0 Å². The summed E-state index contributed by atoms with van der Waals surface area (Å²) in [6.45, 7) is 5.02. The highest BCUT2D eigenvalue weighted by Gasteiger charge is 2.48. The minimum atomic E-state index is 0.774. The fourth-order valence-electron chi connectivity index (χ4n) is 3.94. The number of rotatable bonds is 4. The van der Waals surface area contributed by atoms with Crippen molar-refractivity contribution in [2.75, 3.05) is 13.1 Å². The second-order valence-corrected chi connectivity index (χ2v) is 7.06. The summed E-state index contributed by atoms with van der Waals surface area (Å²) < 4.78 is 0. The SMILES string of the molecule is CC1CNC(C2CC2)CN1C(C1CC1)C1CC1. The van der Waals surface area contributed by atoms with Crippen LogP contribution in [-0.2, 0) is 0 Å². The maximum absolute atomic E-state index is 3.79. The third-order valence-corrected chi connectivity index (χ3v) is 5.43. The zero-order valence-electron chi connectivity index (χ0n) is 11.1. The molecule has 96 valence electrons. The molecule has 1 saturated heterocycles. The maximum Gasteiger partial charge on any atom is 0.0224 e. The van der Waals surface area contributed by atoms with Gasteiger partial charge in [0.25, 0.3) is 0 Å². The summed E-state index contributed by atoms with van der Waals surface area (Å²) in [5.74, 6) is 3.16. The van der Waals surface area contributed by atoms with E-state index in [0.29, 0.717) is 0 Å². The summed E-state index contributed by atoms with van der Waals surface area (Å²) in [6, 6.07) is 2.57. The van der Waals surface area contributed by atoms with Crippen molar-refractivity contribution in [1.82, 2.24) is 10.2 Å². The molecule has 2 unspecified atom stereocenters. The lowest BCUT2D eigenvalue weighted by atomic mass is 9.98. The van der Waals surface area contributed by atoms with Crippen molar-refractivity contribution in [2.45, 2.75) is 63.6 Å². The molecule has 2 nitrogen and oxygen atoms in total. The van der Waals surface area contributed by atoms with Gasteiger partial charge in [-0.25, -0.2) is 0 Å². The molecular formula is C15H26N2. The van der Waals surface area contributed by atoms with Crippen molar-refractivity contribution in [2.24, 2.45) is 17.8 Å². The highest BCUT2D eigenvalue weighted by Crippen LogP contribution is 2.48. The summed E-state index contributed by atoms with van der Waals surface area (Å²) in [5.41, 5.74) is 0. The highest BCUT2D eigenvalue weighted by atomic mass is 15.3. The van der Waals surface area contributed by atoms with Crippen LogP contribution in [-0.4, -0.2) is 36.1 Å². The van der Waals surface area contributed by atoms with E-state index in [2.05, 4.69) is 17.1 Å². The van der Waals surface area contributed by atoms with Crippen molar-refractivity contribution >= 4 is 0 Å². The Bertz CT molecular complexity index is 279. The van der Waals surface area contributed by atoms with Crippen LogP contribution in [0.3, 0.4) is 0 Å². The molecule has 0 aromatic carbocycles. The van der Waals surface area contributed by atoms with Gasteiger partial charge in [0.1, 0.15) is 0 Å². The average molecular weight is 234 g/mol. The largest absolute Gasteiger partial charge is 0.311 e. The molecule has 3 aliphatic carbocycles. The second-order valence-electron chi connectivity index (χ2n) is 7.06. The Labute approximate surface area is 105 Å². The fourth-order valence-corrected chi connectivity index (χ4v) is 3.94. The van der Waals surface area contributed by atoms with E-state index in [1.165, 1.54) is 51.6 Å². The molecule has 2 atom stereocenters. The van der Waals surface area contributed by atoms with E-state index in [-0.39, 0.29) is 0 Å². The van der Waals surface area contributed by atoms with Gasteiger partial charge in [0, 0.05) is 31.2 Å². The molecule has 1 aliphatic heterocycles. The molecule has 1 heterocycles. The zero-order valence-corrected chi connectivity index (χ0v) is 11.1. The van der Waals surface area contributed by atoms with Gasteiger partial charge in [-0.05, 0) is 63.2 Å². The molecule has 0 radical (unpaired) electrons. The molecule has 4 fully saturated rings. The van der Waals surface area contributed by atoms with E-state index in [1.54, 1.807) is 0 Å². The number of hydrogen-bond donors (Lipinski definition) is 1. The van der Waals surface area contributed by atoms with Crippen molar-refractivity contribution in [3.05, 3.63) is 0 Å². The van der Waals surface area contributed by atoms with Gasteiger partial charge in [-0.15, -0.1) is 0 Å². The molecule has 0 bridgehead atoms. The monoisotopic (exact) mass is 234 g/mol. The van der Waals surface area contributed by atoms with E-state index in [1.807, 2.05) is 0 Å². The first kappa shape index (κ1) is 10.8. The van der Waals surface area contributed by atoms with E-state index in [9.17, 15) is 0 Å². The minimum absolute atomic E-state index is 0.774. The molecule has 4 rings (SSSR count). The van der Waals surface area contributed by atoms with Gasteiger partial charge < -0.3 is 5.32 Å². The van der Waals surface area contributed by atoms with Gasteiger partial charge in [-0.3, -0.25) is 4.90 Å². The summed E-state index contributed by atoms with van der Waals surface area (Å²) >= 11 is 0. The molecule has 3 saturated carbocycles. The molecule has 0 spiro atoms. The van der Waals surface area contributed by atoms with Crippen LogP contribution in [0.4, 0.5) is 0 Å². The van der Waals surface area contributed by atoms with Crippen LogP contribution in [0, 0.1) is 17.8 Å². The van der Waals surface area contributed by atoms with E-state index in [4.69, 9.17) is 0 Å². The number of hydrogen-bond acceptors (Lipinski definition) is 2. The third-order valence-electron chi connectivity index (χ3n) is 5.43. The minimum Gasteiger partial charge on any atom is -0.311 e. The Morgan fingerprint density at radius 3 is 2.18 bits per heavy atom. The zero-order chi connectivity index (χ0) is 11.4. The molecule has 0 amide bonds. The number of nitrogens with zero attached hydrogens (tertiary/aromatic N) is 1. The quantitative estimate of drug-likeness (QED) is 0.802. The summed E-state index contributed by atoms with van der Waals surface area (Å²) in [5, 5.41) is 3.79. The van der Waals surface area contributed by atoms with E-state index < -0.39 is 0 Å². The van der Waals surface area contributed by atoms with E-state index in [0.717, 1.165) is 35.9 Å². The predicted molar refractivity (Wildman–Crippen MR) is 69.9 cm³/mol. The molecule has 17 heavy (non-hydrogen) atoms. The van der Waals surface area contributed by atoms with Crippen LogP contribution in [0.2, 0.25) is 0 Å². The summed E-state index contributed by atoms with van der Waals surface area (Å²) in [4.78, 5) is 2.91. The van der Waals surface area contributed by atoms with E-state index >= 15 is 0 Å². The fraction of sp³-hybridized carbons (Fsp3) is 1.00. The van der Waals surface area contributed by atoms with Crippen LogP contribution in [0.15, 0.2) is 0 Å². The van der Waals surface area contributed by atoms with Crippen LogP contribution >= 0.6 is 0 Å². The molecule has 1 N–H and O–H groups in total. The first-order valence-corrected chi connectivity index (χ1v) is 7.82. The molecule has 2 heteroatoms. The Morgan fingerprint density at radius 1 is 1.00 bits per heavy atom. The standard InChI is InChI=1S/C15H26N2/c1-10-8-16-14(11-2-3-11)9-17(10)15(12-4-5-12)13-6-7-13/h10-16H,2-9H2,1H3. The molecule has 0 aromatic rings. The molecular weight excluding hydrogens is 208 g/mol. The maximum atomic E-state index is 3.79. The van der Waals surface area contributed by atoms with Crippen LogP contribution in [0.1, 0.15) is 45.4 Å². The number of nitrogens with one attached hydrogen (secondary N) is 1. The lowest BCUT2D eigenvalue weighted by Crippen LogP contribution is -2.60. The Hall–Kier alpha value is -0.0800. The average Bonchev–Trinajstić information content (AvgIpc) is 3.11. The van der Waals surface area contributed by atoms with Crippen molar-refractivity contribution in [3.8, 4) is 0 Å². The smallest absolute Gasteiger partial charge is 0.0224 e. The van der Waals surface area contributed by atoms with Crippen LogP contribution in [0.25, 0.3) is 0 Å². The van der Waals surface area contributed by atoms with Gasteiger partial charge in [0.05, 0.1) is 0 Å². The first-order chi connectivity index (χ1) is 8.33. The first-order valence-electron chi connectivity index (χ1n) is 7.82. The summed E-state index contributed by atoms with van der Waals surface area (Å²) in [6.07, 6.45) is 9.05. The van der Waals surface area contributed by atoms with Crippen LogP contribution < -0.4 is 5.32 Å². The van der Waals surface area contributed by atoms with Crippen molar-refractivity contribution in [1.29, 1.82) is 0 Å².